The van der Waals surface area contributed by atoms with Crippen LogP contribution < -0.4 is 9.62 Å². The number of nitrogens with one attached hydrogen (secondary N) is 1. The van der Waals surface area contributed by atoms with E-state index >= 15 is 0 Å². The molecule has 2 amide bonds. The molecule has 220 valence electrons. The van der Waals surface area contributed by atoms with Crippen LogP contribution in [0.15, 0.2) is 65.6 Å². The second-order valence-electron chi connectivity index (χ2n) is 10.8. The number of halogens is 2. The third-order valence-corrected chi connectivity index (χ3v) is 9.10. The molecule has 0 unspecified atom stereocenters. The van der Waals surface area contributed by atoms with Crippen LogP contribution in [0.4, 0.5) is 5.69 Å². The summed E-state index contributed by atoms with van der Waals surface area (Å²) in [6, 6.07) is 16.0. The lowest BCUT2D eigenvalue weighted by atomic mass is 10.1. The molecule has 1 N–H and O–H groups in total. The summed E-state index contributed by atoms with van der Waals surface area (Å²) in [7, 11) is -4.14. The summed E-state index contributed by atoms with van der Waals surface area (Å²) >= 11 is 12.3. The van der Waals surface area contributed by atoms with Crippen LogP contribution in [-0.2, 0) is 26.2 Å². The van der Waals surface area contributed by atoms with Crippen LogP contribution in [0, 0.1) is 26.7 Å². The zero-order valence-electron chi connectivity index (χ0n) is 24.2. The molecular formula is C31H37Cl2N3O4S. The van der Waals surface area contributed by atoms with Crippen LogP contribution in [0.2, 0.25) is 10.0 Å². The van der Waals surface area contributed by atoms with Gasteiger partial charge in [-0.15, -0.1) is 0 Å². The normalized spacial score (nSPS) is 12.2. The number of rotatable bonds is 11. The Kier molecular flexibility index (Phi) is 10.9. The third kappa shape index (κ3) is 8.47. The molecule has 0 aliphatic carbocycles. The van der Waals surface area contributed by atoms with Crippen molar-refractivity contribution in [3.05, 3.63) is 93.0 Å². The van der Waals surface area contributed by atoms with Gasteiger partial charge in [-0.05, 0) is 86.7 Å². The number of hydrogen-bond acceptors (Lipinski definition) is 4. The maximum absolute atomic E-state index is 14.0. The Morgan fingerprint density at radius 1 is 0.829 bits per heavy atom. The Balaban J connectivity index is 2.06. The van der Waals surface area contributed by atoms with Gasteiger partial charge in [-0.3, -0.25) is 13.9 Å². The first kappa shape index (κ1) is 32.4. The number of benzene rings is 3. The lowest BCUT2D eigenvalue weighted by Gasteiger charge is -2.32. The smallest absolute Gasteiger partial charge is 0.264 e. The summed E-state index contributed by atoms with van der Waals surface area (Å²) in [6.07, 6.45) is 0. The Morgan fingerprint density at radius 3 is 2.00 bits per heavy atom. The molecule has 0 saturated carbocycles. The van der Waals surface area contributed by atoms with Gasteiger partial charge in [0.1, 0.15) is 12.6 Å². The number of amides is 2. The van der Waals surface area contributed by atoms with E-state index in [-0.39, 0.29) is 23.3 Å². The molecule has 10 heteroatoms. The van der Waals surface area contributed by atoms with Gasteiger partial charge < -0.3 is 10.2 Å². The van der Waals surface area contributed by atoms with Crippen molar-refractivity contribution >= 4 is 50.7 Å². The van der Waals surface area contributed by atoms with Crippen molar-refractivity contribution in [3.63, 3.8) is 0 Å². The maximum Gasteiger partial charge on any atom is 0.264 e. The van der Waals surface area contributed by atoms with Gasteiger partial charge in [-0.2, -0.15) is 0 Å². The molecule has 0 saturated heterocycles. The molecule has 0 radical (unpaired) electrons. The van der Waals surface area contributed by atoms with E-state index in [1.807, 2.05) is 40.7 Å². The van der Waals surface area contributed by atoms with Gasteiger partial charge in [-0.1, -0.05) is 66.9 Å². The van der Waals surface area contributed by atoms with Gasteiger partial charge in [0.25, 0.3) is 10.0 Å². The summed E-state index contributed by atoms with van der Waals surface area (Å²) in [5, 5.41) is 3.55. The van der Waals surface area contributed by atoms with Crippen molar-refractivity contribution < 1.29 is 18.0 Å². The standard InChI is InChI=1S/C31H37Cl2N3O4S/c1-20(2)17-34-31(38)24(6)35(18-25-9-12-28(32)29(33)16-25)30(37)19-36(26-14-22(4)13-23(5)15-26)41(39,40)27-10-7-21(3)8-11-27/h7-16,20,24H,17-19H2,1-6H3,(H,34,38)/t24-/m0/s1. The van der Waals surface area contributed by atoms with Gasteiger partial charge in [-0.25, -0.2) is 8.42 Å². The fourth-order valence-electron chi connectivity index (χ4n) is 4.33. The van der Waals surface area contributed by atoms with E-state index in [0.717, 1.165) is 21.0 Å². The number of hydrogen-bond donors (Lipinski definition) is 1. The van der Waals surface area contributed by atoms with Crippen LogP contribution in [0.3, 0.4) is 0 Å². The third-order valence-electron chi connectivity index (χ3n) is 6.57. The van der Waals surface area contributed by atoms with Crippen LogP contribution in [-0.4, -0.2) is 44.3 Å². The summed E-state index contributed by atoms with van der Waals surface area (Å²) in [4.78, 5) is 28.6. The molecule has 7 nitrogen and oxygen atoms in total. The highest BCUT2D eigenvalue weighted by Gasteiger charge is 2.32. The first-order chi connectivity index (χ1) is 19.2. The number of carbonyl (C=O) groups is 2. The predicted octanol–water partition coefficient (Wildman–Crippen LogP) is 6.30. The van der Waals surface area contributed by atoms with Gasteiger partial charge >= 0.3 is 0 Å². The number of anilines is 1. The fourth-order valence-corrected chi connectivity index (χ4v) is 6.05. The highest BCUT2D eigenvalue weighted by molar-refractivity contribution is 7.92. The average Bonchev–Trinajstić information content (AvgIpc) is 2.89. The van der Waals surface area contributed by atoms with E-state index in [9.17, 15) is 18.0 Å². The second kappa shape index (κ2) is 13.7. The predicted molar refractivity (Wildman–Crippen MR) is 166 cm³/mol. The first-order valence-electron chi connectivity index (χ1n) is 13.4. The molecule has 0 heterocycles. The molecule has 1 atom stereocenters. The molecule has 41 heavy (non-hydrogen) atoms. The maximum atomic E-state index is 14.0. The number of aryl methyl sites for hydroxylation is 3. The van der Waals surface area contributed by atoms with Gasteiger partial charge in [0.05, 0.1) is 20.6 Å². The van der Waals surface area contributed by atoms with Crippen molar-refractivity contribution in [2.75, 3.05) is 17.4 Å². The molecule has 3 aromatic carbocycles. The molecular weight excluding hydrogens is 581 g/mol. The molecule has 0 spiro atoms. The summed E-state index contributed by atoms with van der Waals surface area (Å²) in [5.74, 6) is -0.672. The Hall–Kier alpha value is -3.07. The quantitative estimate of drug-likeness (QED) is 0.273. The summed E-state index contributed by atoms with van der Waals surface area (Å²) in [6.45, 7) is 11.1. The van der Waals surface area contributed by atoms with E-state index in [1.165, 1.54) is 17.0 Å². The molecule has 0 bridgehead atoms. The zero-order chi connectivity index (χ0) is 30.5. The number of nitrogens with zero attached hydrogens (tertiary/aromatic N) is 2. The van der Waals surface area contributed by atoms with Crippen LogP contribution in [0.5, 0.6) is 0 Å². The lowest BCUT2D eigenvalue weighted by Crippen LogP contribution is -2.51. The SMILES string of the molecule is Cc1ccc(S(=O)(=O)N(CC(=O)N(Cc2ccc(Cl)c(Cl)c2)[C@@H](C)C(=O)NCC(C)C)c2cc(C)cc(C)c2)cc1. The van der Waals surface area contributed by atoms with Gasteiger partial charge in [0.15, 0.2) is 0 Å². The van der Waals surface area contributed by atoms with Crippen molar-refractivity contribution in [3.8, 4) is 0 Å². The van der Waals surface area contributed by atoms with Crippen molar-refractivity contribution in [1.29, 1.82) is 0 Å². The molecule has 3 rings (SSSR count). The number of carbonyl (C=O) groups excluding carboxylic acids is 2. The Bertz CT molecular complexity index is 1490. The second-order valence-corrected chi connectivity index (χ2v) is 13.4. The highest BCUT2D eigenvalue weighted by atomic mass is 35.5. The van der Waals surface area contributed by atoms with Crippen LogP contribution in [0.1, 0.15) is 43.0 Å². The van der Waals surface area contributed by atoms with E-state index in [2.05, 4.69) is 5.32 Å². The van der Waals surface area contributed by atoms with Crippen molar-refractivity contribution in [1.82, 2.24) is 10.2 Å². The van der Waals surface area contributed by atoms with E-state index in [4.69, 9.17) is 23.2 Å². The van der Waals surface area contributed by atoms with Crippen molar-refractivity contribution in [2.45, 2.75) is 59.0 Å². The Labute approximate surface area is 253 Å². The van der Waals surface area contributed by atoms with Gasteiger partial charge in [0, 0.05) is 13.1 Å². The summed E-state index contributed by atoms with van der Waals surface area (Å²) in [5.41, 5.74) is 3.63. The molecule has 0 aliphatic rings. The average molecular weight is 619 g/mol. The molecule has 0 fully saturated rings. The largest absolute Gasteiger partial charge is 0.354 e. The minimum atomic E-state index is -4.14. The van der Waals surface area contributed by atoms with E-state index < -0.39 is 28.5 Å². The topological polar surface area (TPSA) is 86.8 Å². The van der Waals surface area contributed by atoms with Crippen LogP contribution in [0.25, 0.3) is 0 Å². The molecule has 0 aromatic heterocycles. The number of sulfonamides is 1. The van der Waals surface area contributed by atoms with Crippen LogP contribution >= 0.6 is 23.2 Å². The zero-order valence-corrected chi connectivity index (χ0v) is 26.6. The molecule has 3 aromatic rings. The monoisotopic (exact) mass is 617 g/mol. The minimum Gasteiger partial charge on any atom is -0.354 e. The highest BCUT2D eigenvalue weighted by Crippen LogP contribution is 2.28. The first-order valence-corrected chi connectivity index (χ1v) is 15.6. The molecule has 0 aliphatic heterocycles. The van der Waals surface area contributed by atoms with Gasteiger partial charge in [0.2, 0.25) is 11.8 Å². The van der Waals surface area contributed by atoms with Crippen molar-refractivity contribution in [2.24, 2.45) is 5.92 Å². The van der Waals surface area contributed by atoms with E-state index in [1.54, 1.807) is 49.4 Å². The Morgan fingerprint density at radius 2 is 1.44 bits per heavy atom. The minimum absolute atomic E-state index is 0.0251. The fraction of sp³-hybridized carbons (Fsp3) is 0.355. The van der Waals surface area contributed by atoms with E-state index in [0.29, 0.717) is 27.8 Å². The summed E-state index contributed by atoms with van der Waals surface area (Å²) < 4.78 is 29.1. The lowest BCUT2D eigenvalue weighted by molar-refractivity contribution is -0.139.